The molecule has 1 aliphatic heterocycles. The average molecular weight is 410 g/mol. The molecular formula is C20H25F3N4O2. The molecule has 0 amide bonds. The van der Waals surface area contributed by atoms with E-state index in [4.69, 9.17) is 4.74 Å². The highest BCUT2D eigenvalue weighted by Gasteiger charge is 2.31. The topological polar surface area (TPSA) is 68.3 Å². The molecule has 0 saturated carbocycles. The molecule has 2 aromatic rings. The lowest BCUT2D eigenvalue weighted by atomic mass is 10.1. The number of rotatable bonds is 6. The molecule has 3 rings (SSSR count). The summed E-state index contributed by atoms with van der Waals surface area (Å²) in [6.45, 7) is 7.27. The number of benzene rings is 1. The molecule has 0 unspecified atom stereocenters. The van der Waals surface area contributed by atoms with E-state index in [1.165, 1.54) is 18.2 Å². The van der Waals surface area contributed by atoms with Gasteiger partial charge in [0.25, 0.3) is 0 Å². The first-order valence-electron chi connectivity index (χ1n) is 9.46. The van der Waals surface area contributed by atoms with E-state index in [1.54, 1.807) is 12.1 Å². The van der Waals surface area contributed by atoms with Crippen LogP contribution in [0.3, 0.4) is 0 Å². The van der Waals surface area contributed by atoms with Gasteiger partial charge < -0.3 is 20.1 Å². The van der Waals surface area contributed by atoms with Crippen molar-refractivity contribution in [3.63, 3.8) is 0 Å². The fourth-order valence-electron chi connectivity index (χ4n) is 2.95. The molecule has 1 fully saturated rings. The summed E-state index contributed by atoms with van der Waals surface area (Å²) >= 11 is 0. The lowest BCUT2D eigenvalue weighted by molar-refractivity contribution is -0.274. The maximum absolute atomic E-state index is 12.6. The number of halogens is 3. The smallest absolute Gasteiger partial charge is 0.406 e. The molecule has 9 heteroatoms. The normalized spacial score (nSPS) is 17.2. The van der Waals surface area contributed by atoms with Crippen LogP contribution in [0, 0.1) is 0 Å². The van der Waals surface area contributed by atoms with Crippen LogP contribution in [0.1, 0.15) is 33.6 Å². The van der Waals surface area contributed by atoms with Crippen molar-refractivity contribution in [1.82, 2.24) is 9.97 Å². The van der Waals surface area contributed by atoms with Gasteiger partial charge in [-0.05, 0) is 45.7 Å². The largest absolute Gasteiger partial charge is 0.573 e. The number of anilines is 2. The van der Waals surface area contributed by atoms with Gasteiger partial charge in [0.2, 0.25) is 5.95 Å². The predicted octanol–water partition coefficient (Wildman–Crippen LogP) is 4.84. The van der Waals surface area contributed by atoms with Crippen LogP contribution in [0.5, 0.6) is 5.75 Å². The van der Waals surface area contributed by atoms with Crippen LogP contribution in [-0.4, -0.2) is 41.1 Å². The zero-order valence-electron chi connectivity index (χ0n) is 16.6. The van der Waals surface area contributed by atoms with Crippen LogP contribution in [0.2, 0.25) is 0 Å². The Morgan fingerprint density at radius 3 is 2.62 bits per heavy atom. The Balaban J connectivity index is 1.88. The minimum Gasteiger partial charge on any atom is -0.406 e. The van der Waals surface area contributed by atoms with E-state index in [1.807, 2.05) is 20.8 Å². The highest BCUT2D eigenvalue weighted by Crippen LogP contribution is 2.29. The van der Waals surface area contributed by atoms with Crippen molar-refractivity contribution in [2.24, 2.45) is 0 Å². The van der Waals surface area contributed by atoms with Gasteiger partial charge in [0.15, 0.2) is 0 Å². The Bertz CT molecular complexity index is 831. The number of nitrogens with zero attached hydrogens (tertiary/aromatic N) is 2. The lowest BCUT2D eigenvalue weighted by Crippen LogP contribution is -2.28. The highest BCUT2D eigenvalue weighted by molar-refractivity contribution is 5.66. The van der Waals surface area contributed by atoms with Crippen molar-refractivity contribution in [1.29, 1.82) is 0 Å². The molecular weight excluding hydrogens is 385 g/mol. The maximum atomic E-state index is 12.6. The van der Waals surface area contributed by atoms with E-state index in [0.717, 1.165) is 19.4 Å². The summed E-state index contributed by atoms with van der Waals surface area (Å²) in [6.07, 6.45) is -2.62. The molecule has 29 heavy (non-hydrogen) atoms. The number of nitrogens with one attached hydrogen (secondary N) is 2. The molecule has 6 nitrogen and oxygen atoms in total. The van der Waals surface area contributed by atoms with Gasteiger partial charge in [0.05, 0.1) is 11.8 Å². The van der Waals surface area contributed by atoms with Crippen LogP contribution >= 0.6 is 0 Å². The second-order valence-electron chi connectivity index (χ2n) is 7.93. The molecule has 1 aromatic carbocycles. The SMILES string of the molecule is CC(C)(C)Nc1nc(NC[C@H]2CCCO2)cc(-c2cccc(OC(F)(F)F)c2)n1. The highest BCUT2D eigenvalue weighted by atomic mass is 19.4. The molecule has 0 radical (unpaired) electrons. The zero-order valence-corrected chi connectivity index (χ0v) is 16.6. The first kappa shape index (κ1) is 21.2. The van der Waals surface area contributed by atoms with Crippen LogP contribution in [0.4, 0.5) is 24.9 Å². The van der Waals surface area contributed by atoms with Crippen molar-refractivity contribution in [2.75, 3.05) is 23.8 Å². The van der Waals surface area contributed by atoms with Gasteiger partial charge in [0.1, 0.15) is 11.6 Å². The predicted molar refractivity (Wildman–Crippen MR) is 105 cm³/mol. The molecule has 2 N–H and O–H groups in total. The third-order valence-corrected chi connectivity index (χ3v) is 4.11. The minimum absolute atomic E-state index is 0.121. The van der Waals surface area contributed by atoms with Crippen LogP contribution in [0.25, 0.3) is 11.3 Å². The van der Waals surface area contributed by atoms with E-state index in [-0.39, 0.29) is 17.4 Å². The van der Waals surface area contributed by atoms with Gasteiger partial charge in [-0.3, -0.25) is 0 Å². The molecule has 2 heterocycles. The molecule has 0 bridgehead atoms. The van der Waals surface area contributed by atoms with Gasteiger partial charge >= 0.3 is 6.36 Å². The second kappa shape index (κ2) is 8.44. The third kappa shape index (κ3) is 6.77. The van der Waals surface area contributed by atoms with Crippen LogP contribution in [0.15, 0.2) is 30.3 Å². The summed E-state index contributed by atoms with van der Waals surface area (Å²) in [6, 6.07) is 7.43. The summed E-state index contributed by atoms with van der Waals surface area (Å²) in [5.74, 6) is 0.652. The minimum atomic E-state index is -4.75. The summed E-state index contributed by atoms with van der Waals surface area (Å²) in [4.78, 5) is 8.96. The number of ether oxygens (including phenoxy) is 2. The Morgan fingerprint density at radius 2 is 1.97 bits per heavy atom. The Labute approximate surface area is 167 Å². The lowest BCUT2D eigenvalue weighted by Gasteiger charge is -2.22. The van der Waals surface area contributed by atoms with E-state index in [0.29, 0.717) is 29.6 Å². The molecule has 1 aromatic heterocycles. The van der Waals surface area contributed by atoms with Crippen LogP contribution in [-0.2, 0) is 4.74 Å². The van der Waals surface area contributed by atoms with Gasteiger partial charge in [-0.1, -0.05) is 12.1 Å². The summed E-state index contributed by atoms with van der Waals surface area (Å²) in [7, 11) is 0. The number of hydrogen-bond acceptors (Lipinski definition) is 6. The average Bonchev–Trinajstić information content (AvgIpc) is 3.10. The monoisotopic (exact) mass is 410 g/mol. The molecule has 1 saturated heterocycles. The molecule has 158 valence electrons. The first-order chi connectivity index (χ1) is 13.6. The quantitative estimate of drug-likeness (QED) is 0.710. The van der Waals surface area contributed by atoms with Crippen LogP contribution < -0.4 is 15.4 Å². The number of aromatic nitrogens is 2. The third-order valence-electron chi connectivity index (χ3n) is 4.11. The molecule has 1 aliphatic rings. The summed E-state index contributed by atoms with van der Waals surface area (Å²) < 4.78 is 47.3. The van der Waals surface area contributed by atoms with Gasteiger partial charge in [-0.25, -0.2) is 4.98 Å². The van der Waals surface area contributed by atoms with Crippen molar-refractivity contribution in [3.8, 4) is 17.0 Å². The Morgan fingerprint density at radius 1 is 1.17 bits per heavy atom. The Kier molecular flexibility index (Phi) is 6.16. The zero-order chi connectivity index (χ0) is 21.1. The van der Waals surface area contributed by atoms with E-state index < -0.39 is 6.36 Å². The first-order valence-corrected chi connectivity index (χ1v) is 9.46. The van der Waals surface area contributed by atoms with Crippen molar-refractivity contribution in [2.45, 2.75) is 51.6 Å². The second-order valence-corrected chi connectivity index (χ2v) is 7.93. The van der Waals surface area contributed by atoms with Crippen molar-refractivity contribution >= 4 is 11.8 Å². The van der Waals surface area contributed by atoms with Gasteiger partial charge in [-0.15, -0.1) is 13.2 Å². The molecule has 0 aliphatic carbocycles. The maximum Gasteiger partial charge on any atom is 0.573 e. The molecule has 1 atom stereocenters. The summed E-state index contributed by atoms with van der Waals surface area (Å²) in [5, 5.41) is 6.46. The standard InChI is InChI=1S/C20H25F3N4O2/c1-19(2,3)27-18-25-16(11-17(26-18)24-12-15-8-5-9-28-15)13-6-4-7-14(10-13)29-20(21,22)23/h4,6-7,10-11,15H,5,8-9,12H2,1-3H3,(H2,24,25,26,27)/t15-/m1/s1. The number of alkyl halides is 3. The molecule has 0 spiro atoms. The fourth-order valence-corrected chi connectivity index (χ4v) is 2.95. The van der Waals surface area contributed by atoms with Gasteiger partial charge in [0, 0.05) is 30.3 Å². The van der Waals surface area contributed by atoms with E-state index in [9.17, 15) is 13.2 Å². The summed E-state index contributed by atoms with van der Waals surface area (Å²) in [5.41, 5.74) is 0.687. The number of hydrogen-bond donors (Lipinski definition) is 2. The van der Waals surface area contributed by atoms with Gasteiger partial charge in [-0.2, -0.15) is 4.98 Å². The van der Waals surface area contributed by atoms with Crippen molar-refractivity contribution in [3.05, 3.63) is 30.3 Å². The van der Waals surface area contributed by atoms with E-state index >= 15 is 0 Å². The van der Waals surface area contributed by atoms with Crippen molar-refractivity contribution < 1.29 is 22.6 Å². The Hall–Kier alpha value is -2.55. The fraction of sp³-hybridized carbons (Fsp3) is 0.500. The van der Waals surface area contributed by atoms with E-state index in [2.05, 4.69) is 25.3 Å².